The fourth-order valence-electron chi connectivity index (χ4n) is 3.45. The summed E-state index contributed by atoms with van der Waals surface area (Å²) in [5, 5.41) is 5.83. The second kappa shape index (κ2) is 10.4. The van der Waals surface area contributed by atoms with E-state index in [4.69, 9.17) is 16.3 Å². The number of piperazine rings is 1. The Morgan fingerprint density at radius 1 is 1.00 bits per heavy atom. The highest BCUT2D eigenvalue weighted by Gasteiger charge is 2.20. The third kappa shape index (κ3) is 6.19. The Bertz CT molecular complexity index is 883. The first-order valence-electron chi connectivity index (χ1n) is 9.88. The zero-order chi connectivity index (χ0) is 21.5. The molecule has 2 aromatic rings. The smallest absolute Gasteiger partial charge is 0.238 e. The van der Waals surface area contributed by atoms with Gasteiger partial charge in [-0.05, 0) is 11.6 Å². The molecule has 1 aliphatic rings. The van der Waals surface area contributed by atoms with Crippen molar-refractivity contribution >= 4 is 34.8 Å². The fraction of sp³-hybridized carbons (Fsp3) is 0.364. The second-order valence-electron chi connectivity index (χ2n) is 7.30. The Labute approximate surface area is 181 Å². The number of halogens is 1. The molecule has 160 valence electrons. The summed E-state index contributed by atoms with van der Waals surface area (Å²) in [7, 11) is 1.50. The van der Waals surface area contributed by atoms with Crippen molar-refractivity contribution in [2.45, 2.75) is 13.5 Å². The van der Waals surface area contributed by atoms with Crippen LogP contribution >= 0.6 is 11.6 Å². The first-order chi connectivity index (χ1) is 14.4. The predicted molar refractivity (Wildman–Crippen MR) is 119 cm³/mol. The van der Waals surface area contributed by atoms with Gasteiger partial charge >= 0.3 is 0 Å². The van der Waals surface area contributed by atoms with Gasteiger partial charge in [-0.1, -0.05) is 41.9 Å². The van der Waals surface area contributed by atoms with Gasteiger partial charge in [0.15, 0.2) is 0 Å². The van der Waals surface area contributed by atoms with Gasteiger partial charge in [0, 0.05) is 45.7 Å². The van der Waals surface area contributed by atoms with Crippen LogP contribution in [0.5, 0.6) is 5.75 Å². The van der Waals surface area contributed by atoms with Crippen LogP contribution in [0.4, 0.5) is 11.4 Å². The van der Waals surface area contributed by atoms with Crippen LogP contribution in [0.15, 0.2) is 42.5 Å². The van der Waals surface area contributed by atoms with Gasteiger partial charge in [-0.15, -0.1) is 0 Å². The lowest BCUT2D eigenvalue weighted by molar-refractivity contribution is -0.118. The number of methoxy groups -OCH3 is 1. The van der Waals surface area contributed by atoms with Crippen LogP contribution in [-0.4, -0.2) is 61.4 Å². The van der Waals surface area contributed by atoms with E-state index in [-0.39, 0.29) is 11.8 Å². The monoisotopic (exact) mass is 430 g/mol. The van der Waals surface area contributed by atoms with Crippen LogP contribution in [0, 0.1) is 0 Å². The van der Waals surface area contributed by atoms with E-state index in [9.17, 15) is 9.59 Å². The quantitative estimate of drug-likeness (QED) is 0.706. The molecule has 1 fully saturated rings. The van der Waals surface area contributed by atoms with Crippen molar-refractivity contribution in [3.05, 3.63) is 53.1 Å². The highest BCUT2D eigenvalue weighted by molar-refractivity contribution is 6.34. The number of anilines is 2. The molecule has 0 saturated carbocycles. The Balaban J connectivity index is 1.52. The SMILES string of the molecule is COc1cc(NC(C)=O)c(Cl)cc1NC(=O)CN1CCN(Cc2ccccc2)CC1. The largest absolute Gasteiger partial charge is 0.494 e. The summed E-state index contributed by atoms with van der Waals surface area (Å²) in [6, 6.07) is 13.6. The van der Waals surface area contributed by atoms with Gasteiger partial charge in [0.25, 0.3) is 0 Å². The normalized spacial score (nSPS) is 14.9. The molecule has 0 aliphatic carbocycles. The highest BCUT2D eigenvalue weighted by atomic mass is 35.5. The number of nitrogens with one attached hydrogen (secondary N) is 2. The molecule has 2 N–H and O–H groups in total. The average molecular weight is 431 g/mol. The first-order valence-corrected chi connectivity index (χ1v) is 10.3. The summed E-state index contributed by atoms with van der Waals surface area (Å²) in [6.07, 6.45) is 0. The average Bonchev–Trinajstić information content (AvgIpc) is 2.72. The minimum absolute atomic E-state index is 0.131. The van der Waals surface area contributed by atoms with Gasteiger partial charge in [0.2, 0.25) is 11.8 Å². The molecule has 0 bridgehead atoms. The molecular formula is C22H27ClN4O3. The molecule has 0 atom stereocenters. The number of hydrogen-bond acceptors (Lipinski definition) is 5. The molecule has 8 heteroatoms. The maximum atomic E-state index is 12.6. The third-order valence-electron chi connectivity index (χ3n) is 4.96. The molecule has 7 nitrogen and oxygen atoms in total. The molecular weight excluding hydrogens is 404 g/mol. The highest BCUT2D eigenvalue weighted by Crippen LogP contribution is 2.34. The van der Waals surface area contributed by atoms with Crippen molar-refractivity contribution in [2.24, 2.45) is 0 Å². The number of ether oxygens (including phenoxy) is 1. The number of benzene rings is 2. The lowest BCUT2D eigenvalue weighted by atomic mass is 10.2. The number of nitrogens with zero attached hydrogens (tertiary/aromatic N) is 2. The zero-order valence-corrected chi connectivity index (χ0v) is 18.0. The van der Waals surface area contributed by atoms with Crippen molar-refractivity contribution in [3.8, 4) is 5.75 Å². The van der Waals surface area contributed by atoms with Gasteiger partial charge in [0.1, 0.15) is 5.75 Å². The maximum absolute atomic E-state index is 12.6. The minimum Gasteiger partial charge on any atom is -0.494 e. The van der Waals surface area contributed by atoms with Crippen LogP contribution < -0.4 is 15.4 Å². The lowest BCUT2D eigenvalue weighted by Gasteiger charge is -2.34. The molecule has 2 amide bonds. The van der Waals surface area contributed by atoms with E-state index in [0.29, 0.717) is 28.7 Å². The molecule has 1 saturated heterocycles. The van der Waals surface area contributed by atoms with Crippen molar-refractivity contribution in [2.75, 3.05) is 50.5 Å². The number of amides is 2. The molecule has 0 spiro atoms. The van der Waals surface area contributed by atoms with Crippen molar-refractivity contribution in [1.82, 2.24) is 9.80 Å². The zero-order valence-electron chi connectivity index (χ0n) is 17.3. The van der Waals surface area contributed by atoms with Crippen molar-refractivity contribution in [3.63, 3.8) is 0 Å². The molecule has 0 unspecified atom stereocenters. The van der Waals surface area contributed by atoms with Gasteiger partial charge in [-0.3, -0.25) is 19.4 Å². The summed E-state index contributed by atoms with van der Waals surface area (Å²) < 4.78 is 5.34. The van der Waals surface area contributed by atoms with Crippen LogP contribution in [0.1, 0.15) is 12.5 Å². The molecule has 2 aromatic carbocycles. The van der Waals surface area contributed by atoms with E-state index < -0.39 is 0 Å². The number of carbonyl (C=O) groups excluding carboxylic acids is 2. The number of rotatable bonds is 7. The summed E-state index contributed by atoms with van der Waals surface area (Å²) in [5.74, 6) is 0.0690. The Hall–Kier alpha value is -2.61. The maximum Gasteiger partial charge on any atom is 0.238 e. The number of carbonyl (C=O) groups is 2. The van der Waals surface area contributed by atoms with E-state index in [0.717, 1.165) is 32.7 Å². The van der Waals surface area contributed by atoms with Crippen molar-refractivity contribution in [1.29, 1.82) is 0 Å². The van der Waals surface area contributed by atoms with E-state index in [1.165, 1.54) is 19.6 Å². The molecule has 0 aromatic heterocycles. The fourth-order valence-corrected chi connectivity index (χ4v) is 3.66. The van der Waals surface area contributed by atoms with Gasteiger partial charge in [-0.25, -0.2) is 0 Å². The molecule has 1 aliphatic heterocycles. The minimum atomic E-state index is -0.234. The Morgan fingerprint density at radius 2 is 1.67 bits per heavy atom. The topological polar surface area (TPSA) is 73.9 Å². The third-order valence-corrected chi connectivity index (χ3v) is 5.27. The van der Waals surface area contributed by atoms with E-state index >= 15 is 0 Å². The van der Waals surface area contributed by atoms with Crippen molar-refractivity contribution < 1.29 is 14.3 Å². The lowest BCUT2D eigenvalue weighted by Crippen LogP contribution is -2.48. The van der Waals surface area contributed by atoms with Gasteiger partial charge in [0.05, 0.1) is 30.1 Å². The van der Waals surface area contributed by atoms with Gasteiger partial charge in [-0.2, -0.15) is 0 Å². The standard InChI is InChI=1S/C22H27ClN4O3/c1-16(28)24-19-13-21(30-2)20(12-18(19)23)25-22(29)15-27-10-8-26(9-11-27)14-17-6-4-3-5-7-17/h3-7,12-13H,8-11,14-15H2,1-2H3,(H,24,28)(H,25,29). The molecule has 1 heterocycles. The Kier molecular flexibility index (Phi) is 7.68. The van der Waals surface area contributed by atoms with Crippen LogP contribution in [-0.2, 0) is 16.1 Å². The summed E-state index contributed by atoms with van der Waals surface area (Å²) in [6.45, 7) is 6.13. The first kappa shape index (κ1) is 22.1. The molecule has 0 radical (unpaired) electrons. The van der Waals surface area contributed by atoms with E-state index in [2.05, 4.69) is 44.7 Å². The second-order valence-corrected chi connectivity index (χ2v) is 7.71. The van der Waals surface area contributed by atoms with E-state index in [1.807, 2.05) is 6.07 Å². The van der Waals surface area contributed by atoms with Crippen LogP contribution in [0.3, 0.4) is 0 Å². The summed E-state index contributed by atoms with van der Waals surface area (Å²) in [5.41, 5.74) is 2.22. The Morgan fingerprint density at radius 3 is 2.30 bits per heavy atom. The number of hydrogen-bond donors (Lipinski definition) is 2. The van der Waals surface area contributed by atoms with Crippen LogP contribution in [0.25, 0.3) is 0 Å². The summed E-state index contributed by atoms with van der Waals surface area (Å²) in [4.78, 5) is 28.4. The van der Waals surface area contributed by atoms with E-state index in [1.54, 1.807) is 12.1 Å². The van der Waals surface area contributed by atoms with Crippen LogP contribution in [0.2, 0.25) is 5.02 Å². The van der Waals surface area contributed by atoms with Gasteiger partial charge < -0.3 is 15.4 Å². The summed E-state index contributed by atoms with van der Waals surface area (Å²) >= 11 is 6.22. The molecule has 3 rings (SSSR count). The molecule has 30 heavy (non-hydrogen) atoms. The predicted octanol–water partition coefficient (Wildman–Crippen LogP) is 3.06.